The number of hydrogen-bond donors (Lipinski definition) is 3. The van der Waals surface area contributed by atoms with Gasteiger partial charge in [-0.1, -0.05) is 0 Å². The van der Waals surface area contributed by atoms with Crippen LogP contribution in [0.1, 0.15) is 27.1 Å². The summed E-state index contributed by atoms with van der Waals surface area (Å²) in [5, 5.41) is 8.78. The molecule has 0 spiro atoms. The predicted molar refractivity (Wildman–Crippen MR) is 55.9 cm³/mol. The number of nitrogens with zero attached hydrogens (tertiary/aromatic N) is 1. The molecule has 0 saturated heterocycles. The first-order valence-electron chi connectivity index (χ1n) is 4.87. The van der Waals surface area contributed by atoms with Gasteiger partial charge in [-0.15, -0.1) is 0 Å². The molecule has 1 rings (SSSR count). The molecule has 0 bridgehead atoms. The van der Waals surface area contributed by atoms with Gasteiger partial charge in [0.2, 0.25) is 0 Å². The fourth-order valence-electron chi connectivity index (χ4n) is 1.83. The molecule has 5 nitrogen and oxygen atoms in total. The summed E-state index contributed by atoms with van der Waals surface area (Å²) in [5.74, 6) is -0.270. The average Bonchev–Trinajstić information content (AvgIpc) is 2.15. The van der Waals surface area contributed by atoms with E-state index in [1.165, 1.54) is 0 Å². The van der Waals surface area contributed by atoms with E-state index in [9.17, 15) is 4.79 Å². The zero-order valence-corrected chi connectivity index (χ0v) is 8.15. The highest BCUT2D eigenvalue weighted by Crippen LogP contribution is 2.28. The van der Waals surface area contributed by atoms with Crippen molar-refractivity contribution in [2.75, 3.05) is 6.54 Å². The van der Waals surface area contributed by atoms with Crippen LogP contribution in [0.5, 0.6) is 0 Å². The molecule has 0 amide bonds. The van der Waals surface area contributed by atoms with Gasteiger partial charge in [-0.25, -0.2) is 0 Å². The highest BCUT2D eigenvalue weighted by atomic mass is 16.4. The number of guanidine groups is 1. The molecule has 0 heterocycles. The fraction of sp³-hybridized carbons (Fsp3) is 0.778. The second kappa shape index (κ2) is 4.83. The van der Waals surface area contributed by atoms with Gasteiger partial charge < -0.3 is 16.6 Å². The summed E-state index contributed by atoms with van der Waals surface area (Å²) in [6.07, 6.45) is 3.32. The predicted octanol–water partition coefficient (Wildman–Crippen LogP) is 0.397. The minimum absolute atomic E-state index is 0. The maximum absolute atomic E-state index is 10.7. The van der Waals surface area contributed by atoms with Crippen LogP contribution < -0.4 is 11.5 Å². The summed E-state index contributed by atoms with van der Waals surface area (Å²) in [6, 6.07) is 0. The molecule has 5 heteroatoms. The van der Waals surface area contributed by atoms with Crippen LogP contribution in [0, 0.1) is 11.8 Å². The fourth-order valence-corrected chi connectivity index (χ4v) is 1.83. The summed E-state index contributed by atoms with van der Waals surface area (Å²) < 4.78 is 0. The van der Waals surface area contributed by atoms with Crippen molar-refractivity contribution in [3.63, 3.8) is 0 Å². The summed E-state index contributed by atoms with van der Waals surface area (Å²) >= 11 is 0. The monoisotopic (exact) mass is 201 g/mol. The lowest BCUT2D eigenvalue weighted by Crippen LogP contribution is -2.26. The van der Waals surface area contributed by atoms with Crippen LogP contribution in [0.3, 0.4) is 0 Å². The van der Waals surface area contributed by atoms with Gasteiger partial charge in [-0.2, -0.15) is 0 Å². The molecule has 1 fully saturated rings. The van der Waals surface area contributed by atoms with Crippen molar-refractivity contribution in [1.82, 2.24) is 0 Å². The Morgan fingerprint density at radius 2 is 1.93 bits per heavy atom. The number of nitrogens with two attached hydrogens (primary N) is 2. The smallest absolute Gasteiger partial charge is 0.306 e. The summed E-state index contributed by atoms with van der Waals surface area (Å²) in [5.41, 5.74) is 10.4. The number of rotatable bonds is 3. The van der Waals surface area contributed by atoms with E-state index in [0.717, 1.165) is 25.7 Å². The van der Waals surface area contributed by atoms with Crippen LogP contribution in [0.4, 0.5) is 0 Å². The quantitative estimate of drug-likeness (QED) is 0.454. The van der Waals surface area contributed by atoms with Crippen molar-refractivity contribution in [2.24, 2.45) is 28.3 Å². The van der Waals surface area contributed by atoms with Crippen molar-refractivity contribution in [1.29, 1.82) is 0 Å². The van der Waals surface area contributed by atoms with E-state index in [1.54, 1.807) is 0 Å². The summed E-state index contributed by atoms with van der Waals surface area (Å²) in [4.78, 5) is 14.6. The van der Waals surface area contributed by atoms with Crippen molar-refractivity contribution < 1.29 is 11.3 Å². The second-order valence-electron chi connectivity index (χ2n) is 3.82. The molecular formula is C9H19N3O2. The third kappa shape index (κ3) is 3.24. The van der Waals surface area contributed by atoms with E-state index in [1.807, 2.05) is 0 Å². The van der Waals surface area contributed by atoms with Crippen molar-refractivity contribution in [3.8, 4) is 0 Å². The van der Waals surface area contributed by atoms with Gasteiger partial charge in [0.25, 0.3) is 0 Å². The van der Waals surface area contributed by atoms with Gasteiger partial charge in [0.1, 0.15) is 0 Å². The molecule has 0 radical (unpaired) electrons. The number of aliphatic imine (C=N–C) groups is 1. The van der Waals surface area contributed by atoms with Crippen LogP contribution in [0.15, 0.2) is 4.99 Å². The summed E-state index contributed by atoms with van der Waals surface area (Å²) in [7, 11) is 0. The lowest BCUT2D eigenvalue weighted by molar-refractivity contribution is -0.143. The molecule has 0 unspecified atom stereocenters. The zero-order valence-electron chi connectivity index (χ0n) is 8.15. The Bertz CT molecular complexity index is 234. The molecule has 14 heavy (non-hydrogen) atoms. The number of hydrogen-bond acceptors (Lipinski definition) is 2. The van der Waals surface area contributed by atoms with Crippen LogP contribution in [0.25, 0.3) is 0 Å². The Kier molecular flexibility index (Phi) is 3.73. The first-order valence-corrected chi connectivity index (χ1v) is 4.87. The highest BCUT2D eigenvalue weighted by molar-refractivity contribution is 5.75. The van der Waals surface area contributed by atoms with E-state index < -0.39 is 5.97 Å². The molecule has 0 aromatic carbocycles. The van der Waals surface area contributed by atoms with E-state index in [0.29, 0.717) is 12.5 Å². The van der Waals surface area contributed by atoms with Gasteiger partial charge in [0.15, 0.2) is 5.96 Å². The van der Waals surface area contributed by atoms with E-state index in [2.05, 4.69) is 4.99 Å². The molecule has 0 aromatic rings. The third-order valence-corrected chi connectivity index (χ3v) is 2.73. The minimum atomic E-state index is -0.676. The van der Waals surface area contributed by atoms with E-state index in [4.69, 9.17) is 16.6 Å². The van der Waals surface area contributed by atoms with E-state index in [-0.39, 0.29) is 13.3 Å². The van der Waals surface area contributed by atoms with Crippen LogP contribution in [0.2, 0.25) is 0 Å². The number of carboxylic acids is 1. The molecule has 0 aliphatic heterocycles. The van der Waals surface area contributed by atoms with Gasteiger partial charge in [0, 0.05) is 7.97 Å². The largest absolute Gasteiger partial charge is 0.481 e. The van der Waals surface area contributed by atoms with Crippen molar-refractivity contribution in [2.45, 2.75) is 25.7 Å². The van der Waals surface area contributed by atoms with Gasteiger partial charge in [-0.05, 0) is 31.6 Å². The molecule has 1 aliphatic rings. The highest BCUT2D eigenvalue weighted by Gasteiger charge is 2.25. The minimum Gasteiger partial charge on any atom is -0.481 e. The van der Waals surface area contributed by atoms with E-state index >= 15 is 0 Å². The lowest BCUT2D eigenvalue weighted by atomic mass is 9.82. The molecule has 0 aromatic heterocycles. The van der Waals surface area contributed by atoms with Crippen molar-refractivity contribution >= 4 is 11.9 Å². The molecule has 5 N–H and O–H groups in total. The molecule has 1 saturated carbocycles. The van der Waals surface area contributed by atoms with Gasteiger partial charge >= 0.3 is 5.97 Å². The second-order valence-corrected chi connectivity index (χ2v) is 3.82. The average molecular weight is 201 g/mol. The Balaban J connectivity index is 0.00000196. The molecule has 0 atom stereocenters. The van der Waals surface area contributed by atoms with Crippen LogP contribution in [-0.2, 0) is 4.79 Å². The van der Waals surface area contributed by atoms with Crippen molar-refractivity contribution in [3.05, 3.63) is 0 Å². The Morgan fingerprint density at radius 3 is 2.36 bits per heavy atom. The standard InChI is InChI=1S/C9H17N3O2.H2/c10-9(11)12-5-6-1-3-7(4-2-6)8(13)14;/h6-7H,1-5H2,(H,13,14)(H4,10,11,12);1H. The molecule has 1 aliphatic carbocycles. The molecular weight excluding hydrogens is 182 g/mol. The topological polar surface area (TPSA) is 102 Å². The normalized spacial score (nSPS) is 26.9. The van der Waals surface area contributed by atoms with Crippen LogP contribution >= 0.6 is 0 Å². The SMILES string of the molecule is NC(N)=NCC1CCC(C(=O)O)CC1.[HH]. The number of carbonyl (C=O) groups is 1. The third-order valence-electron chi connectivity index (χ3n) is 2.73. The van der Waals surface area contributed by atoms with Gasteiger partial charge in [-0.3, -0.25) is 9.79 Å². The first-order chi connectivity index (χ1) is 6.59. The maximum atomic E-state index is 10.7. The zero-order chi connectivity index (χ0) is 10.6. The maximum Gasteiger partial charge on any atom is 0.306 e. The Morgan fingerprint density at radius 1 is 1.36 bits per heavy atom. The number of carboxylic acid groups (broad SMARTS) is 1. The molecule has 82 valence electrons. The van der Waals surface area contributed by atoms with Crippen LogP contribution in [-0.4, -0.2) is 23.6 Å². The first kappa shape index (κ1) is 10.8. The van der Waals surface area contributed by atoms with Gasteiger partial charge in [0.05, 0.1) is 5.92 Å². The summed E-state index contributed by atoms with van der Waals surface area (Å²) in [6.45, 7) is 0.634. The lowest BCUT2D eigenvalue weighted by Gasteiger charge is -2.24. The Labute approximate surface area is 84.7 Å². The number of aliphatic carboxylic acids is 1. The Hall–Kier alpha value is -1.26.